The van der Waals surface area contributed by atoms with Gasteiger partial charge in [-0.05, 0) is 32.1 Å². The van der Waals surface area contributed by atoms with Gasteiger partial charge in [0.2, 0.25) is 0 Å². The highest BCUT2D eigenvalue weighted by Gasteiger charge is 2.17. The molecule has 0 rings (SSSR count). The van der Waals surface area contributed by atoms with Gasteiger partial charge in [0.1, 0.15) is 7.85 Å². The summed E-state index contributed by atoms with van der Waals surface area (Å²) in [5.74, 6) is 0.700. The van der Waals surface area contributed by atoms with Crippen molar-refractivity contribution in [3.63, 3.8) is 0 Å². The Morgan fingerprint density at radius 1 is 1.06 bits per heavy atom. The van der Waals surface area contributed by atoms with E-state index < -0.39 is 5.50 Å². The highest BCUT2D eigenvalue weighted by molar-refractivity contribution is 6.14. The number of unbranched alkanes of at least 4 members (excludes halogenated alkanes) is 2. The van der Waals surface area contributed by atoms with Gasteiger partial charge < -0.3 is 4.74 Å². The zero-order valence-corrected chi connectivity index (χ0v) is 11.7. The molecule has 0 aromatic rings. The summed E-state index contributed by atoms with van der Waals surface area (Å²) in [4.78, 5) is 0. The molecule has 0 saturated heterocycles. The van der Waals surface area contributed by atoms with Crippen LogP contribution >= 0.6 is 0 Å². The van der Waals surface area contributed by atoms with Crippen LogP contribution in [0.2, 0.25) is 0 Å². The average molecular weight is 224 g/mol. The van der Waals surface area contributed by atoms with Gasteiger partial charge >= 0.3 is 0 Å². The second kappa shape index (κ2) is 9.10. The van der Waals surface area contributed by atoms with Crippen LogP contribution in [0.4, 0.5) is 0 Å². The van der Waals surface area contributed by atoms with Crippen molar-refractivity contribution in [3.8, 4) is 0 Å². The maximum absolute atomic E-state index is 5.99. The summed E-state index contributed by atoms with van der Waals surface area (Å²) >= 11 is 0. The molecule has 0 saturated carbocycles. The first-order valence-electron chi connectivity index (χ1n) is 6.98. The van der Waals surface area contributed by atoms with Gasteiger partial charge in [0.15, 0.2) is 0 Å². The summed E-state index contributed by atoms with van der Waals surface area (Å²) in [7, 11) is 5.99. The minimum absolute atomic E-state index is 0.434. The van der Waals surface area contributed by atoms with Crippen LogP contribution in [0.5, 0.6) is 0 Å². The van der Waals surface area contributed by atoms with Gasteiger partial charge in [0.25, 0.3) is 0 Å². The van der Waals surface area contributed by atoms with Crippen molar-refractivity contribution in [1.82, 2.24) is 0 Å². The third-order valence-corrected chi connectivity index (χ3v) is 3.26. The maximum atomic E-state index is 5.99. The molecular weight excluding hydrogens is 195 g/mol. The van der Waals surface area contributed by atoms with Crippen molar-refractivity contribution in [2.45, 2.75) is 78.1 Å². The van der Waals surface area contributed by atoms with E-state index >= 15 is 0 Å². The van der Waals surface area contributed by atoms with E-state index in [2.05, 4.69) is 20.8 Å². The van der Waals surface area contributed by atoms with Crippen LogP contribution in [-0.2, 0) is 4.74 Å². The Labute approximate surface area is 104 Å². The summed E-state index contributed by atoms with van der Waals surface area (Å²) in [6.45, 7) is 9.37. The van der Waals surface area contributed by atoms with Crippen LogP contribution in [-0.4, -0.2) is 20.0 Å². The van der Waals surface area contributed by atoms with E-state index in [0.717, 1.165) is 13.0 Å². The van der Waals surface area contributed by atoms with Crippen LogP contribution in [0, 0.1) is 5.92 Å². The molecule has 0 spiro atoms. The van der Waals surface area contributed by atoms with Crippen molar-refractivity contribution < 1.29 is 4.74 Å². The molecule has 2 heteroatoms. The molecule has 2 unspecified atom stereocenters. The van der Waals surface area contributed by atoms with Gasteiger partial charge in [0, 0.05) is 12.1 Å². The van der Waals surface area contributed by atoms with Gasteiger partial charge in [-0.3, -0.25) is 0 Å². The van der Waals surface area contributed by atoms with E-state index in [1.54, 1.807) is 0 Å². The number of rotatable bonds is 10. The molecule has 0 bridgehead atoms. The first kappa shape index (κ1) is 16.0. The molecule has 16 heavy (non-hydrogen) atoms. The summed E-state index contributed by atoms with van der Waals surface area (Å²) in [5.41, 5.74) is -0.434. The fourth-order valence-electron chi connectivity index (χ4n) is 1.81. The highest BCUT2D eigenvalue weighted by Crippen LogP contribution is 2.19. The van der Waals surface area contributed by atoms with Gasteiger partial charge in [-0.1, -0.05) is 46.5 Å². The molecule has 0 aliphatic carbocycles. The molecule has 2 radical (unpaired) electrons. The molecule has 1 nitrogen and oxygen atoms in total. The van der Waals surface area contributed by atoms with Crippen LogP contribution in [0.25, 0.3) is 0 Å². The predicted octanol–water partition coefficient (Wildman–Crippen LogP) is 4.29. The smallest absolute Gasteiger partial charge is 0.113 e. The monoisotopic (exact) mass is 224 g/mol. The molecule has 2 atom stereocenters. The third-order valence-electron chi connectivity index (χ3n) is 3.26. The first-order chi connectivity index (χ1) is 7.55. The van der Waals surface area contributed by atoms with E-state index in [-0.39, 0.29) is 0 Å². The number of hydrogen-bond donors (Lipinski definition) is 0. The Hall–Kier alpha value is 0.0249. The predicted molar refractivity (Wildman–Crippen MR) is 72.9 cm³/mol. The third kappa shape index (κ3) is 8.21. The van der Waals surface area contributed by atoms with Crippen molar-refractivity contribution >= 4 is 7.85 Å². The zero-order valence-electron chi connectivity index (χ0n) is 11.7. The zero-order chi connectivity index (χ0) is 12.4. The molecule has 0 N–H and O–H groups in total. The minimum atomic E-state index is -0.434. The fourth-order valence-corrected chi connectivity index (χ4v) is 1.81. The van der Waals surface area contributed by atoms with Crippen molar-refractivity contribution in [1.29, 1.82) is 0 Å². The molecule has 0 aliphatic heterocycles. The number of hydrogen-bond acceptors (Lipinski definition) is 1. The van der Waals surface area contributed by atoms with E-state index in [0.29, 0.717) is 5.92 Å². The van der Waals surface area contributed by atoms with Crippen molar-refractivity contribution in [2.24, 2.45) is 5.92 Å². The second-order valence-electron chi connectivity index (χ2n) is 5.13. The number of ether oxygens (including phenoxy) is 1. The van der Waals surface area contributed by atoms with Crippen molar-refractivity contribution in [3.05, 3.63) is 0 Å². The van der Waals surface area contributed by atoms with Gasteiger partial charge in [-0.15, -0.1) is 0 Å². The normalized spacial score (nSPS) is 17.0. The van der Waals surface area contributed by atoms with Crippen LogP contribution in [0.15, 0.2) is 0 Å². The Morgan fingerprint density at radius 2 is 1.75 bits per heavy atom. The quantitative estimate of drug-likeness (QED) is 0.397. The standard InChI is InChI=1S/C14H29BO/c1-5-8-9-11-13(10-6-2)12-16-14(4,15)7-3/h13H,5-12H2,1-4H3. The van der Waals surface area contributed by atoms with Crippen LogP contribution in [0.3, 0.4) is 0 Å². The summed E-state index contributed by atoms with van der Waals surface area (Å²) in [6.07, 6.45) is 8.65. The average Bonchev–Trinajstić information content (AvgIpc) is 2.26. The van der Waals surface area contributed by atoms with Gasteiger partial charge in [-0.25, -0.2) is 0 Å². The molecule has 0 aromatic heterocycles. The lowest BCUT2D eigenvalue weighted by molar-refractivity contribution is 0.00354. The lowest BCUT2D eigenvalue weighted by atomic mass is 9.81. The Balaban J connectivity index is 3.83. The molecule has 94 valence electrons. The van der Waals surface area contributed by atoms with E-state index in [4.69, 9.17) is 12.6 Å². The van der Waals surface area contributed by atoms with Gasteiger partial charge in [0.05, 0.1) is 0 Å². The molecular formula is C14H29BO. The van der Waals surface area contributed by atoms with E-state index in [9.17, 15) is 0 Å². The molecule has 0 aliphatic rings. The van der Waals surface area contributed by atoms with Crippen molar-refractivity contribution in [2.75, 3.05) is 6.61 Å². The largest absolute Gasteiger partial charge is 0.385 e. The Kier molecular flexibility index (Phi) is 9.11. The Morgan fingerprint density at radius 3 is 2.25 bits per heavy atom. The molecule has 0 heterocycles. The lowest BCUT2D eigenvalue weighted by Gasteiger charge is -2.27. The maximum Gasteiger partial charge on any atom is 0.113 e. The lowest BCUT2D eigenvalue weighted by Crippen LogP contribution is -2.30. The molecule has 0 aromatic carbocycles. The van der Waals surface area contributed by atoms with Gasteiger partial charge in [-0.2, -0.15) is 0 Å². The summed E-state index contributed by atoms with van der Waals surface area (Å²) < 4.78 is 5.80. The first-order valence-corrected chi connectivity index (χ1v) is 6.98. The summed E-state index contributed by atoms with van der Waals surface area (Å²) in [6, 6.07) is 0. The molecule has 0 fully saturated rings. The topological polar surface area (TPSA) is 9.23 Å². The van der Waals surface area contributed by atoms with E-state index in [1.165, 1.54) is 38.5 Å². The highest BCUT2D eigenvalue weighted by atomic mass is 16.5. The molecule has 0 amide bonds. The fraction of sp³-hybridized carbons (Fsp3) is 1.00. The van der Waals surface area contributed by atoms with Crippen LogP contribution < -0.4 is 0 Å². The minimum Gasteiger partial charge on any atom is -0.385 e. The Bertz CT molecular complexity index is 157. The van der Waals surface area contributed by atoms with Crippen LogP contribution in [0.1, 0.15) is 72.6 Å². The summed E-state index contributed by atoms with van der Waals surface area (Å²) in [5, 5.41) is 0. The SMILES string of the molecule is [B]C(C)(CC)OCC(CCC)CCCCC. The second-order valence-corrected chi connectivity index (χ2v) is 5.13. The van der Waals surface area contributed by atoms with E-state index in [1.807, 2.05) is 6.92 Å².